The van der Waals surface area contributed by atoms with Gasteiger partial charge in [0.2, 0.25) is 0 Å². The highest BCUT2D eigenvalue weighted by molar-refractivity contribution is 7.15. The summed E-state index contributed by atoms with van der Waals surface area (Å²) in [4.78, 5) is 10.3. The molecule has 0 saturated carbocycles. The molecular weight excluding hydrogens is 262 g/mol. The molecule has 3 nitrogen and oxygen atoms in total. The van der Waals surface area contributed by atoms with Gasteiger partial charge in [0.15, 0.2) is 5.13 Å². The Morgan fingerprint density at radius 1 is 1.22 bits per heavy atom. The van der Waals surface area contributed by atoms with Gasteiger partial charge in [-0.25, -0.2) is 9.97 Å². The number of hydrogen-bond acceptors (Lipinski definition) is 5. The highest BCUT2D eigenvalue weighted by Gasteiger charge is 2.14. The fourth-order valence-corrected chi connectivity index (χ4v) is 3.30. The molecule has 0 bridgehead atoms. The summed E-state index contributed by atoms with van der Waals surface area (Å²) in [5.41, 5.74) is 4.11. The molecule has 0 atom stereocenters. The van der Waals surface area contributed by atoms with E-state index < -0.39 is 0 Å². The second-order valence-corrected chi connectivity index (χ2v) is 6.75. The molecule has 5 heteroatoms. The Morgan fingerprint density at radius 2 is 2.00 bits per heavy atom. The lowest BCUT2D eigenvalue weighted by Gasteiger charge is -2.05. The fraction of sp³-hybridized carbons (Fsp3) is 0.538. The molecule has 0 saturated heterocycles. The monoisotopic (exact) mass is 281 g/mol. The van der Waals surface area contributed by atoms with Crippen LogP contribution in [0.4, 0.5) is 5.13 Å². The van der Waals surface area contributed by atoms with E-state index in [9.17, 15) is 0 Å². The van der Waals surface area contributed by atoms with Crippen LogP contribution in [0.1, 0.15) is 39.3 Å². The SMILES string of the molecule is CC(C)CNc1nc(-c2scnc2C(C)C)cs1. The maximum atomic E-state index is 4.65. The van der Waals surface area contributed by atoms with Crippen molar-refractivity contribution in [1.29, 1.82) is 0 Å². The van der Waals surface area contributed by atoms with Crippen molar-refractivity contribution in [2.75, 3.05) is 11.9 Å². The Balaban J connectivity index is 2.16. The summed E-state index contributed by atoms with van der Waals surface area (Å²) >= 11 is 3.34. The van der Waals surface area contributed by atoms with E-state index in [1.165, 1.54) is 4.88 Å². The summed E-state index contributed by atoms with van der Waals surface area (Å²) in [6.45, 7) is 9.70. The first kappa shape index (κ1) is 13.5. The van der Waals surface area contributed by atoms with Gasteiger partial charge >= 0.3 is 0 Å². The average Bonchev–Trinajstić information content (AvgIpc) is 2.94. The van der Waals surface area contributed by atoms with Crippen LogP contribution >= 0.6 is 22.7 Å². The molecule has 2 rings (SSSR count). The lowest BCUT2D eigenvalue weighted by Crippen LogP contribution is -2.07. The summed E-state index contributed by atoms with van der Waals surface area (Å²) in [5.74, 6) is 1.08. The molecule has 0 aliphatic carbocycles. The van der Waals surface area contributed by atoms with Crippen LogP contribution in [0.3, 0.4) is 0 Å². The summed E-state index contributed by atoms with van der Waals surface area (Å²) in [6, 6.07) is 0. The maximum absolute atomic E-state index is 4.65. The highest BCUT2D eigenvalue weighted by atomic mass is 32.1. The molecule has 18 heavy (non-hydrogen) atoms. The van der Waals surface area contributed by atoms with Crippen LogP contribution < -0.4 is 5.32 Å². The fourth-order valence-electron chi connectivity index (χ4n) is 1.61. The van der Waals surface area contributed by atoms with E-state index in [0.717, 1.165) is 23.1 Å². The third-order valence-electron chi connectivity index (χ3n) is 2.54. The molecule has 0 fully saturated rings. The van der Waals surface area contributed by atoms with Crippen molar-refractivity contribution in [3.63, 3.8) is 0 Å². The van der Waals surface area contributed by atoms with Crippen LogP contribution in [0, 0.1) is 5.92 Å². The molecule has 98 valence electrons. The first-order valence-electron chi connectivity index (χ1n) is 6.21. The largest absolute Gasteiger partial charge is 0.361 e. The van der Waals surface area contributed by atoms with Crippen LogP contribution in [-0.4, -0.2) is 16.5 Å². The Morgan fingerprint density at radius 3 is 2.67 bits per heavy atom. The number of anilines is 1. The van der Waals surface area contributed by atoms with Crippen LogP contribution in [0.15, 0.2) is 10.9 Å². The van der Waals surface area contributed by atoms with Gasteiger partial charge in [-0.1, -0.05) is 27.7 Å². The number of thiazole rings is 2. The lowest BCUT2D eigenvalue weighted by atomic mass is 10.1. The van der Waals surface area contributed by atoms with Crippen LogP contribution in [0.2, 0.25) is 0 Å². The molecule has 2 aromatic rings. The number of nitrogens with zero attached hydrogens (tertiary/aromatic N) is 2. The van der Waals surface area contributed by atoms with E-state index in [0.29, 0.717) is 11.8 Å². The minimum absolute atomic E-state index is 0.444. The van der Waals surface area contributed by atoms with Crippen molar-refractivity contribution in [3.8, 4) is 10.6 Å². The third-order valence-corrected chi connectivity index (χ3v) is 4.21. The van der Waals surface area contributed by atoms with E-state index >= 15 is 0 Å². The first-order valence-corrected chi connectivity index (χ1v) is 7.97. The Kier molecular flexibility index (Phi) is 4.35. The van der Waals surface area contributed by atoms with Crippen molar-refractivity contribution >= 4 is 27.8 Å². The maximum Gasteiger partial charge on any atom is 0.183 e. The van der Waals surface area contributed by atoms with Crippen molar-refractivity contribution in [2.24, 2.45) is 5.92 Å². The van der Waals surface area contributed by atoms with E-state index in [2.05, 4.69) is 48.4 Å². The third kappa shape index (κ3) is 3.09. The van der Waals surface area contributed by atoms with Gasteiger partial charge in [-0.3, -0.25) is 0 Å². The smallest absolute Gasteiger partial charge is 0.183 e. The van der Waals surface area contributed by atoms with Gasteiger partial charge < -0.3 is 5.32 Å². The molecule has 0 amide bonds. The molecule has 2 aromatic heterocycles. The Bertz CT molecular complexity index is 500. The summed E-state index contributed by atoms with van der Waals surface area (Å²) in [5, 5.41) is 6.48. The van der Waals surface area contributed by atoms with Gasteiger partial charge in [-0.2, -0.15) is 0 Å². The highest BCUT2D eigenvalue weighted by Crippen LogP contribution is 2.33. The average molecular weight is 281 g/mol. The zero-order chi connectivity index (χ0) is 13.1. The quantitative estimate of drug-likeness (QED) is 0.879. The number of nitrogens with one attached hydrogen (secondary N) is 1. The molecule has 0 aliphatic heterocycles. The number of hydrogen-bond donors (Lipinski definition) is 1. The number of rotatable bonds is 5. The van der Waals surface area contributed by atoms with E-state index in [-0.39, 0.29) is 0 Å². The predicted octanol–water partition coefficient (Wildman–Crippen LogP) is 4.46. The zero-order valence-corrected chi connectivity index (χ0v) is 12.9. The Labute approximate surface area is 116 Å². The molecule has 0 unspecified atom stereocenters. The molecule has 0 radical (unpaired) electrons. The topological polar surface area (TPSA) is 37.8 Å². The normalized spacial score (nSPS) is 11.4. The van der Waals surface area contributed by atoms with Crippen molar-refractivity contribution in [2.45, 2.75) is 33.6 Å². The molecule has 1 N–H and O–H groups in total. The second kappa shape index (κ2) is 5.80. The summed E-state index contributed by atoms with van der Waals surface area (Å²) in [7, 11) is 0. The summed E-state index contributed by atoms with van der Waals surface area (Å²) in [6.07, 6.45) is 0. The van der Waals surface area contributed by atoms with Crippen molar-refractivity contribution in [1.82, 2.24) is 9.97 Å². The van der Waals surface area contributed by atoms with E-state index in [1.54, 1.807) is 22.7 Å². The van der Waals surface area contributed by atoms with Crippen molar-refractivity contribution < 1.29 is 0 Å². The van der Waals surface area contributed by atoms with Gasteiger partial charge in [0, 0.05) is 11.9 Å². The standard InChI is InChI=1S/C13H19N3S2/c1-8(2)5-14-13-16-10(6-17-13)12-11(9(3)4)15-7-18-12/h6-9H,5H2,1-4H3,(H,14,16). The van der Waals surface area contributed by atoms with Crippen LogP contribution in [0.25, 0.3) is 10.6 Å². The predicted molar refractivity (Wildman–Crippen MR) is 80.6 cm³/mol. The zero-order valence-electron chi connectivity index (χ0n) is 11.2. The molecule has 0 aromatic carbocycles. The molecule has 2 heterocycles. The lowest BCUT2D eigenvalue weighted by molar-refractivity contribution is 0.688. The van der Waals surface area contributed by atoms with Gasteiger partial charge in [0.25, 0.3) is 0 Å². The molecule has 0 aliphatic rings. The Hall–Kier alpha value is -0.940. The van der Waals surface area contributed by atoms with Crippen molar-refractivity contribution in [3.05, 3.63) is 16.6 Å². The van der Waals surface area contributed by atoms with E-state index in [4.69, 9.17) is 0 Å². The minimum atomic E-state index is 0.444. The second-order valence-electron chi connectivity index (χ2n) is 5.03. The minimum Gasteiger partial charge on any atom is -0.361 e. The van der Waals surface area contributed by atoms with Gasteiger partial charge in [-0.05, 0) is 11.8 Å². The molecular formula is C13H19N3S2. The summed E-state index contributed by atoms with van der Waals surface area (Å²) < 4.78 is 0. The first-order chi connectivity index (χ1) is 8.58. The van der Waals surface area contributed by atoms with Gasteiger partial charge in [0.05, 0.1) is 21.8 Å². The van der Waals surface area contributed by atoms with E-state index in [1.807, 2.05) is 5.51 Å². The molecule has 0 spiro atoms. The van der Waals surface area contributed by atoms with Gasteiger partial charge in [-0.15, -0.1) is 22.7 Å². The van der Waals surface area contributed by atoms with Crippen LogP contribution in [0.5, 0.6) is 0 Å². The number of aromatic nitrogens is 2. The van der Waals surface area contributed by atoms with Gasteiger partial charge in [0.1, 0.15) is 0 Å². The van der Waals surface area contributed by atoms with Crippen LogP contribution in [-0.2, 0) is 0 Å².